The number of carbonyl (C=O) groups excluding carboxylic acids is 1. The van der Waals surface area contributed by atoms with E-state index in [-0.39, 0.29) is 11.9 Å². The number of amides is 1. The molecule has 2 heterocycles. The number of thiazole rings is 1. The predicted molar refractivity (Wildman–Crippen MR) is 82.8 cm³/mol. The van der Waals surface area contributed by atoms with Gasteiger partial charge >= 0.3 is 0 Å². The van der Waals surface area contributed by atoms with E-state index in [1.165, 1.54) is 11.3 Å². The van der Waals surface area contributed by atoms with Gasteiger partial charge in [-0.1, -0.05) is 0 Å². The second kappa shape index (κ2) is 6.24. The lowest BCUT2D eigenvalue weighted by atomic mass is 10.2. The first-order valence-corrected chi connectivity index (χ1v) is 7.70. The second-order valence-electron chi connectivity index (χ2n) is 4.92. The number of hydrogen-bond donors (Lipinski definition) is 2. The third-order valence-electron chi connectivity index (χ3n) is 3.46. The largest absolute Gasteiger partial charge is 0.497 e. The van der Waals surface area contributed by atoms with Crippen LogP contribution in [0.25, 0.3) is 10.6 Å². The van der Waals surface area contributed by atoms with Crippen molar-refractivity contribution >= 4 is 17.2 Å². The Kier molecular flexibility index (Phi) is 4.17. The van der Waals surface area contributed by atoms with Crippen LogP contribution in [-0.4, -0.2) is 37.1 Å². The van der Waals surface area contributed by atoms with Crippen molar-refractivity contribution in [2.24, 2.45) is 0 Å². The molecule has 1 aromatic heterocycles. The van der Waals surface area contributed by atoms with Crippen molar-refractivity contribution in [3.05, 3.63) is 35.3 Å². The van der Waals surface area contributed by atoms with Gasteiger partial charge < -0.3 is 15.4 Å². The SMILES string of the molecule is COc1ccc(-c2ncc(C(=O)NC3CCNC3)s2)cc1. The maximum atomic E-state index is 12.2. The number of carbonyl (C=O) groups is 1. The summed E-state index contributed by atoms with van der Waals surface area (Å²) in [5, 5.41) is 7.10. The molecular formula is C15H17N3O2S. The molecule has 2 aromatic rings. The van der Waals surface area contributed by atoms with Crippen LogP contribution in [0.4, 0.5) is 0 Å². The second-order valence-corrected chi connectivity index (χ2v) is 5.95. The number of nitrogens with zero attached hydrogens (tertiary/aromatic N) is 1. The molecule has 0 saturated carbocycles. The third-order valence-corrected chi connectivity index (χ3v) is 4.51. The molecular weight excluding hydrogens is 286 g/mol. The van der Waals surface area contributed by atoms with Gasteiger partial charge in [0.05, 0.1) is 13.3 Å². The van der Waals surface area contributed by atoms with Crippen LogP contribution in [0.3, 0.4) is 0 Å². The minimum absolute atomic E-state index is 0.0408. The normalized spacial score (nSPS) is 17.7. The lowest BCUT2D eigenvalue weighted by Crippen LogP contribution is -2.35. The van der Waals surface area contributed by atoms with Crippen LogP contribution in [0.2, 0.25) is 0 Å². The molecule has 0 aliphatic carbocycles. The predicted octanol–water partition coefficient (Wildman–Crippen LogP) is 1.91. The molecule has 2 N–H and O–H groups in total. The third kappa shape index (κ3) is 3.22. The lowest BCUT2D eigenvalue weighted by molar-refractivity contribution is 0.0944. The summed E-state index contributed by atoms with van der Waals surface area (Å²) in [5.74, 6) is 0.767. The number of rotatable bonds is 4. The first kappa shape index (κ1) is 14.0. The molecule has 1 unspecified atom stereocenters. The van der Waals surface area contributed by atoms with Gasteiger partial charge in [-0.15, -0.1) is 11.3 Å². The van der Waals surface area contributed by atoms with E-state index >= 15 is 0 Å². The van der Waals surface area contributed by atoms with Crippen molar-refractivity contribution in [3.63, 3.8) is 0 Å². The van der Waals surface area contributed by atoms with Gasteiger partial charge in [0.25, 0.3) is 5.91 Å². The molecule has 1 aromatic carbocycles. The Bertz CT molecular complexity index is 618. The first-order chi connectivity index (χ1) is 10.3. The fraction of sp³-hybridized carbons (Fsp3) is 0.333. The monoisotopic (exact) mass is 303 g/mol. The molecule has 1 saturated heterocycles. The van der Waals surface area contributed by atoms with Gasteiger partial charge in [0.15, 0.2) is 0 Å². The lowest BCUT2D eigenvalue weighted by Gasteiger charge is -2.09. The number of benzene rings is 1. The van der Waals surface area contributed by atoms with Crippen LogP contribution < -0.4 is 15.4 Å². The van der Waals surface area contributed by atoms with E-state index in [2.05, 4.69) is 15.6 Å². The van der Waals surface area contributed by atoms with Crippen molar-refractivity contribution in [3.8, 4) is 16.3 Å². The van der Waals surface area contributed by atoms with E-state index in [9.17, 15) is 4.79 Å². The molecule has 6 heteroatoms. The highest BCUT2D eigenvalue weighted by molar-refractivity contribution is 7.16. The molecule has 0 radical (unpaired) electrons. The van der Waals surface area contributed by atoms with E-state index in [0.717, 1.165) is 35.8 Å². The summed E-state index contributed by atoms with van der Waals surface area (Å²) in [5.41, 5.74) is 0.988. The average molecular weight is 303 g/mol. The Morgan fingerprint density at radius 3 is 2.90 bits per heavy atom. The van der Waals surface area contributed by atoms with E-state index in [4.69, 9.17) is 4.74 Å². The Balaban J connectivity index is 1.71. The fourth-order valence-corrected chi connectivity index (χ4v) is 3.11. The van der Waals surface area contributed by atoms with Crippen LogP contribution >= 0.6 is 11.3 Å². The summed E-state index contributed by atoms with van der Waals surface area (Å²) in [6.07, 6.45) is 2.62. The fourth-order valence-electron chi connectivity index (χ4n) is 2.28. The van der Waals surface area contributed by atoms with E-state index in [1.807, 2.05) is 24.3 Å². The minimum Gasteiger partial charge on any atom is -0.497 e. The maximum Gasteiger partial charge on any atom is 0.263 e. The average Bonchev–Trinajstić information content (AvgIpc) is 3.18. The van der Waals surface area contributed by atoms with Gasteiger partial charge in [0.2, 0.25) is 0 Å². The zero-order valence-corrected chi connectivity index (χ0v) is 12.6. The molecule has 1 atom stereocenters. The highest BCUT2D eigenvalue weighted by Crippen LogP contribution is 2.26. The molecule has 1 aliphatic rings. The molecule has 0 bridgehead atoms. The van der Waals surface area contributed by atoms with E-state index in [1.54, 1.807) is 13.3 Å². The zero-order chi connectivity index (χ0) is 14.7. The number of methoxy groups -OCH3 is 1. The maximum absolute atomic E-state index is 12.2. The number of nitrogens with one attached hydrogen (secondary N) is 2. The van der Waals surface area contributed by atoms with Crippen LogP contribution in [-0.2, 0) is 0 Å². The smallest absolute Gasteiger partial charge is 0.263 e. The molecule has 1 fully saturated rings. The summed E-state index contributed by atoms with van der Waals surface area (Å²) in [6, 6.07) is 7.89. The van der Waals surface area contributed by atoms with E-state index in [0.29, 0.717) is 4.88 Å². The minimum atomic E-state index is -0.0408. The van der Waals surface area contributed by atoms with Gasteiger partial charge in [-0.05, 0) is 37.2 Å². The quantitative estimate of drug-likeness (QED) is 0.905. The summed E-state index contributed by atoms with van der Waals surface area (Å²) >= 11 is 1.41. The molecule has 5 nitrogen and oxygen atoms in total. The number of aromatic nitrogens is 1. The summed E-state index contributed by atoms with van der Waals surface area (Å²) in [4.78, 5) is 17.1. The van der Waals surface area contributed by atoms with Gasteiger partial charge in [-0.25, -0.2) is 4.98 Å². The summed E-state index contributed by atoms with van der Waals surface area (Å²) < 4.78 is 5.14. The topological polar surface area (TPSA) is 63.2 Å². The van der Waals surface area contributed by atoms with Crippen LogP contribution in [0.5, 0.6) is 5.75 Å². The Morgan fingerprint density at radius 1 is 1.43 bits per heavy atom. The molecule has 1 amide bonds. The molecule has 110 valence electrons. The van der Waals surface area contributed by atoms with Gasteiger partial charge in [-0.3, -0.25) is 4.79 Å². The number of ether oxygens (including phenoxy) is 1. The first-order valence-electron chi connectivity index (χ1n) is 6.88. The van der Waals surface area contributed by atoms with Crippen molar-refractivity contribution in [1.29, 1.82) is 0 Å². The van der Waals surface area contributed by atoms with Crippen LogP contribution in [0.1, 0.15) is 16.1 Å². The highest BCUT2D eigenvalue weighted by atomic mass is 32.1. The van der Waals surface area contributed by atoms with Crippen molar-refractivity contribution in [2.45, 2.75) is 12.5 Å². The van der Waals surface area contributed by atoms with Crippen LogP contribution in [0, 0.1) is 0 Å². The molecule has 0 spiro atoms. The van der Waals surface area contributed by atoms with Crippen LogP contribution in [0.15, 0.2) is 30.5 Å². The van der Waals surface area contributed by atoms with Crippen molar-refractivity contribution in [1.82, 2.24) is 15.6 Å². The van der Waals surface area contributed by atoms with Crippen molar-refractivity contribution < 1.29 is 9.53 Å². The standard InChI is InChI=1S/C15H17N3O2S/c1-20-12-4-2-10(3-5-12)15-17-9-13(21-15)14(19)18-11-6-7-16-8-11/h2-5,9,11,16H,6-8H2,1H3,(H,18,19). The van der Waals surface area contributed by atoms with E-state index < -0.39 is 0 Å². The molecule has 1 aliphatic heterocycles. The Labute approximate surface area is 127 Å². The number of hydrogen-bond acceptors (Lipinski definition) is 5. The van der Waals surface area contributed by atoms with Gasteiger partial charge in [-0.2, -0.15) is 0 Å². The summed E-state index contributed by atoms with van der Waals surface area (Å²) in [7, 11) is 1.64. The van der Waals surface area contributed by atoms with Crippen molar-refractivity contribution in [2.75, 3.05) is 20.2 Å². The molecule has 21 heavy (non-hydrogen) atoms. The Morgan fingerprint density at radius 2 is 2.24 bits per heavy atom. The highest BCUT2D eigenvalue weighted by Gasteiger charge is 2.19. The summed E-state index contributed by atoms with van der Waals surface area (Å²) in [6.45, 7) is 1.81. The Hall–Kier alpha value is -1.92. The molecule has 3 rings (SSSR count). The van der Waals surface area contributed by atoms with Gasteiger partial charge in [0, 0.05) is 18.2 Å². The van der Waals surface area contributed by atoms with Gasteiger partial charge in [0.1, 0.15) is 15.6 Å². The zero-order valence-electron chi connectivity index (χ0n) is 11.8.